The molecule has 0 aliphatic heterocycles. The van der Waals surface area contributed by atoms with Crippen LogP contribution in [0.15, 0.2) is 18.6 Å². The minimum atomic E-state index is -0.988. The number of nitrogens with zero attached hydrogens (tertiary/aromatic N) is 1. The van der Waals surface area contributed by atoms with Gasteiger partial charge < -0.3 is 0 Å². The zero-order valence-corrected chi connectivity index (χ0v) is 5.57. The van der Waals surface area contributed by atoms with Crippen molar-refractivity contribution in [1.29, 1.82) is 0 Å². The summed E-state index contributed by atoms with van der Waals surface area (Å²) < 4.78 is 8.67. The second kappa shape index (κ2) is 2.01. The largest absolute Gasteiger partial charge is 0.448 e. The highest BCUT2D eigenvalue weighted by Crippen LogP contribution is 2.19. The third kappa shape index (κ3) is 1.19. The van der Waals surface area contributed by atoms with Gasteiger partial charge in [0.2, 0.25) is 0 Å². The van der Waals surface area contributed by atoms with Gasteiger partial charge in [0.15, 0.2) is 0 Å². The van der Waals surface area contributed by atoms with E-state index >= 15 is 0 Å². The van der Waals surface area contributed by atoms with Crippen molar-refractivity contribution >= 4 is 0 Å². The number of aromatic nitrogens is 1. The highest BCUT2D eigenvalue weighted by molar-refractivity contribution is 4.88. The SMILES string of the molecule is O=c1on(NC2CC2)oc1=O. The van der Waals surface area contributed by atoms with Crippen LogP contribution in [0, 0.1) is 0 Å². The molecule has 0 aromatic carbocycles. The summed E-state index contributed by atoms with van der Waals surface area (Å²) >= 11 is 0. The molecule has 0 amide bonds. The summed E-state index contributed by atoms with van der Waals surface area (Å²) in [5.41, 5.74) is 0.685. The van der Waals surface area contributed by atoms with E-state index in [9.17, 15) is 9.59 Å². The van der Waals surface area contributed by atoms with Crippen LogP contribution in [-0.2, 0) is 0 Å². The third-order valence-electron chi connectivity index (χ3n) is 1.36. The van der Waals surface area contributed by atoms with Crippen molar-refractivity contribution < 1.29 is 9.05 Å². The second-order valence-electron chi connectivity index (χ2n) is 2.42. The first-order chi connectivity index (χ1) is 5.25. The second-order valence-corrected chi connectivity index (χ2v) is 2.42. The molecule has 60 valence electrons. The molecular formula is C5H6N2O4. The van der Waals surface area contributed by atoms with E-state index in [1.54, 1.807) is 0 Å². The van der Waals surface area contributed by atoms with E-state index in [0.29, 0.717) is 5.02 Å². The molecule has 1 aliphatic carbocycles. The molecule has 1 saturated carbocycles. The molecule has 6 nitrogen and oxygen atoms in total. The molecule has 0 saturated heterocycles. The molecule has 1 aromatic heterocycles. The molecule has 1 heterocycles. The summed E-state index contributed by atoms with van der Waals surface area (Å²) in [4.78, 5) is 20.8. The fourth-order valence-electron chi connectivity index (χ4n) is 0.658. The summed E-state index contributed by atoms with van der Waals surface area (Å²) in [6.07, 6.45) is 2.01. The Bertz CT molecular complexity index is 328. The quantitative estimate of drug-likeness (QED) is 0.564. The van der Waals surface area contributed by atoms with E-state index in [-0.39, 0.29) is 6.04 Å². The summed E-state index contributed by atoms with van der Waals surface area (Å²) in [5.74, 6) is 0. The Morgan fingerprint density at radius 2 is 1.82 bits per heavy atom. The van der Waals surface area contributed by atoms with Crippen molar-refractivity contribution in [2.75, 3.05) is 5.43 Å². The number of hydrogen-bond acceptors (Lipinski definition) is 5. The Labute approximate surface area is 60.3 Å². The van der Waals surface area contributed by atoms with Gasteiger partial charge in [0.1, 0.15) is 0 Å². The molecule has 0 radical (unpaired) electrons. The minimum absolute atomic E-state index is 0.272. The van der Waals surface area contributed by atoms with Crippen LogP contribution in [0.3, 0.4) is 0 Å². The van der Waals surface area contributed by atoms with E-state index in [2.05, 4.69) is 14.5 Å². The molecule has 11 heavy (non-hydrogen) atoms. The summed E-state index contributed by atoms with van der Waals surface area (Å²) in [6.45, 7) is 0. The number of hydrogen-bond donors (Lipinski definition) is 1. The van der Waals surface area contributed by atoms with Crippen molar-refractivity contribution in [2.45, 2.75) is 18.9 Å². The highest BCUT2D eigenvalue weighted by Gasteiger charge is 2.23. The molecule has 1 aromatic rings. The molecule has 6 heteroatoms. The van der Waals surface area contributed by atoms with Gasteiger partial charge in [0, 0.05) is 11.1 Å². The van der Waals surface area contributed by atoms with E-state index in [1.165, 1.54) is 0 Å². The van der Waals surface area contributed by atoms with Crippen LogP contribution in [0.25, 0.3) is 0 Å². The molecule has 1 fully saturated rings. The van der Waals surface area contributed by atoms with Crippen LogP contribution in [0.2, 0.25) is 0 Å². The van der Waals surface area contributed by atoms with Crippen LogP contribution in [0.1, 0.15) is 12.8 Å². The molecular weight excluding hydrogens is 152 g/mol. The van der Waals surface area contributed by atoms with E-state index in [0.717, 1.165) is 12.8 Å². The van der Waals surface area contributed by atoms with Gasteiger partial charge in [-0.25, -0.2) is 9.59 Å². The monoisotopic (exact) mass is 158 g/mol. The Kier molecular flexibility index (Phi) is 1.14. The Hall–Kier alpha value is -1.46. The maximum absolute atomic E-state index is 10.4. The molecule has 0 spiro atoms. The van der Waals surface area contributed by atoms with E-state index in [4.69, 9.17) is 0 Å². The standard InChI is InChI=1S/C5H6N2O4/c8-4-5(9)11-7(10-4)6-3-1-2-3/h3,6H,1-2H2. The normalized spacial score (nSPS) is 16.7. The first-order valence-electron chi connectivity index (χ1n) is 3.26. The highest BCUT2D eigenvalue weighted by atomic mass is 16.8. The van der Waals surface area contributed by atoms with Gasteiger partial charge in [-0.1, -0.05) is 0 Å². The Morgan fingerprint density at radius 1 is 1.27 bits per heavy atom. The van der Waals surface area contributed by atoms with E-state index < -0.39 is 11.3 Å². The van der Waals surface area contributed by atoms with Crippen molar-refractivity contribution in [3.8, 4) is 0 Å². The lowest BCUT2D eigenvalue weighted by molar-refractivity contribution is 0.107. The summed E-state index contributed by atoms with van der Waals surface area (Å²) in [7, 11) is 0. The Balaban J connectivity index is 2.24. The minimum Gasteiger partial charge on any atom is -0.279 e. The van der Waals surface area contributed by atoms with Gasteiger partial charge in [-0.15, -0.1) is 0 Å². The number of nitrogens with one attached hydrogen (secondary N) is 1. The van der Waals surface area contributed by atoms with Gasteiger partial charge in [-0.3, -0.25) is 14.5 Å². The zero-order valence-electron chi connectivity index (χ0n) is 5.57. The van der Waals surface area contributed by atoms with Crippen LogP contribution < -0.4 is 16.7 Å². The number of rotatable bonds is 2. The fourth-order valence-corrected chi connectivity index (χ4v) is 0.658. The molecule has 0 unspecified atom stereocenters. The van der Waals surface area contributed by atoms with Gasteiger partial charge in [0.25, 0.3) is 0 Å². The smallest absolute Gasteiger partial charge is 0.279 e. The van der Waals surface area contributed by atoms with Gasteiger partial charge in [-0.2, -0.15) is 0 Å². The van der Waals surface area contributed by atoms with Crippen molar-refractivity contribution in [3.05, 3.63) is 20.8 Å². The van der Waals surface area contributed by atoms with Crippen LogP contribution in [-0.4, -0.2) is 11.1 Å². The Morgan fingerprint density at radius 3 is 2.27 bits per heavy atom. The van der Waals surface area contributed by atoms with Crippen LogP contribution in [0.5, 0.6) is 0 Å². The predicted molar refractivity (Wildman–Crippen MR) is 33.9 cm³/mol. The first-order valence-corrected chi connectivity index (χ1v) is 3.26. The van der Waals surface area contributed by atoms with Crippen LogP contribution in [0.4, 0.5) is 0 Å². The van der Waals surface area contributed by atoms with Gasteiger partial charge >= 0.3 is 11.3 Å². The lowest BCUT2D eigenvalue weighted by Crippen LogP contribution is -2.15. The molecule has 0 atom stereocenters. The maximum atomic E-state index is 10.4. The predicted octanol–water partition coefficient (Wildman–Crippen LogP) is -0.900. The zero-order chi connectivity index (χ0) is 7.84. The topological polar surface area (TPSA) is 77.4 Å². The third-order valence-corrected chi connectivity index (χ3v) is 1.36. The molecule has 2 rings (SSSR count). The molecule has 0 bridgehead atoms. The lowest BCUT2D eigenvalue weighted by atomic mass is 10.8. The van der Waals surface area contributed by atoms with Gasteiger partial charge in [0.05, 0.1) is 0 Å². The first kappa shape index (κ1) is 6.26. The van der Waals surface area contributed by atoms with Crippen molar-refractivity contribution in [2.24, 2.45) is 0 Å². The van der Waals surface area contributed by atoms with E-state index in [1.807, 2.05) is 0 Å². The maximum Gasteiger partial charge on any atom is 0.448 e. The average molecular weight is 158 g/mol. The van der Waals surface area contributed by atoms with Crippen molar-refractivity contribution in [1.82, 2.24) is 5.02 Å². The van der Waals surface area contributed by atoms with Crippen LogP contribution >= 0.6 is 0 Å². The lowest BCUT2D eigenvalue weighted by Gasteiger charge is -1.95. The fraction of sp³-hybridized carbons (Fsp3) is 0.600. The molecule has 1 N–H and O–H groups in total. The summed E-state index contributed by atoms with van der Waals surface area (Å²) in [6, 6.07) is 0.272. The van der Waals surface area contributed by atoms with Gasteiger partial charge in [-0.05, 0) is 12.8 Å². The molecule has 1 aliphatic rings. The summed E-state index contributed by atoms with van der Waals surface area (Å²) in [5, 5.41) is 0.711. The average Bonchev–Trinajstić information content (AvgIpc) is 2.65. The van der Waals surface area contributed by atoms with Crippen molar-refractivity contribution in [3.63, 3.8) is 0 Å².